The van der Waals surface area contributed by atoms with Gasteiger partial charge in [-0.2, -0.15) is 0 Å². The van der Waals surface area contributed by atoms with Crippen LogP contribution in [-0.4, -0.2) is 33.6 Å². The molecule has 3 rings (SSSR count). The summed E-state index contributed by atoms with van der Waals surface area (Å²) in [6, 6.07) is 7.82. The first kappa shape index (κ1) is 14.8. The highest BCUT2D eigenvalue weighted by Gasteiger charge is 2.32. The number of nitrogens with two attached hydrogens (primary N) is 1. The molecule has 2 aliphatic carbocycles. The minimum absolute atomic E-state index is 0.120. The molecule has 0 unspecified atom stereocenters. The fraction of sp³-hybridized carbons (Fsp3) is 0.600. The number of benzene rings is 1. The van der Waals surface area contributed by atoms with Crippen LogP contribution in [0.25, 0.3) is 0 Å². The molecule has 2 aliphatic rings. The maximum Gasteiger partial charge on any atom is 0.242 e. The van der Waals surface area contributed by atoms with E-state index in [9.17, 15) is 8.42 Å². The van der Waals surface area contributed by atoms with Crippen LogP contribution in [0.5, 0.6) is 0 Å². The van der Waals surface area contributed by atoms with Gasteiger partial charge in [0.1, 0.15) is 4.90 Å². The fourth-order valence-corrected chi connectivity index (χ4v) is 4.26. The van der Waals surface area contributed by atoms with Crippen LogP contribution in [0.1, 0.15) is 32.1 Å². The van der Waals surface area contributed by atoms with Crippen LogP contribution in [0, 0.1) is 0 Å². The van der Waals surface area contributed by atoms with Crippen LogP contribution >= 0.6 is 0 Å². The summed E-state index contributed by atoms with van der Waals surface area (Å²) < 4.78 is 27.9. The number of para-hydroxylation sites is 1. The fourth-order valence-electron chi connectivity index (χ4n) is 2.74. The van der Waals surface area contributed by atoms with Crippen molar-refractivity contribution in [1.29, 1.82) is 0 Å². The van der Waals surface area contributed by atoms with E-state index in [1.807, 2.05) is 12.1 Å². The zero-order chi connectivity index (χ0) is 14.9. The van der Waals surface area contributed by atoms with Gasteiger partial charge in [0, 0.05) is 25.2 Å². The topological polar surface area (TPSA) is 75.4 Å². The number of rotatable bonds is 7. The third-order valence-corrected chi connectivity index (χ3v) is 5.82. The van der Waals surface area contributed by atoms with E-state index < -0.39 is 10.0 Å². The van der Waals surface area contributed by atoms with Gasteiger partial charge in [-0.15, -0.1) is 0 Å². The highest BCUT2D eigenvalue weighted by atomic mass is 32.2. The van der Waals surface area contributed by atoms with E-state index in [0.29, 0.717) is 24.0 Å². The van der Waals surface area contributed by atoms with E-state index in [-0.39, 0.29) is 6.04 Å². The quantitative estimate of drug-likeness (QED) is 0.799. The Morgan fingerprint density at radius 3 is 2.48 bits per heavy atom. The Morgan fingerprint density at radius 1 is 1.19 bits per heavy atom. The van der Waals surface area contributed by atoms with Gasteiger partial charge in [0.25, 0.3) is 0 Å². The average molecular weight is 309 g/mol. The Hall–Kier alpha value is -1.11. The van der Waals surface area contributed by atoms with Crippen LogP contribution in [0.15, 0.2) is 29.2 Å². The lowest BCUT2D eigenvalue weighted by atomic mass is 9.91. The molecule has 5 nitrogen and oxygen atoms in total. The summed E-state index contributed by atoms with van der Waals surface area (Å²) in [4.78, 5) is 2.56. The molecule has 0 heterocycles. The van der Waals surface area contributed by atoms with Gasteiger partial charge < -0.3 is 10.6 Å². The molecule has 3 N–H and O–H groups in total. The number of sulfonamides is 1. The van der Waals surface area contributed by atoms with E-state index >= 15 is 0 Å². The van der Waals surface area contributed by atoms with Crippen molar-refractivity contribution in [2.24, 2.45) is 5.73 Å². The number of nitrogens with zero attached hydrogens (tertiary/aromatic N) is 1. The minimum Gasteiger partial charge on any atom is -0.366 e. The Labute approximate surface area is 126 Å². The standard InChI is InChI=1S/C15H23N3O2S/c16-10-11-18(13-4-3-5-13)14-6-1-2-7-15(14)21(19,20)17-12-8-9-12/h1-2,6-7,12-13,17H,3-5,8-11,16H2. The Bertz CT molecular complexity index is 595. The Morgan fingerprint density at radius 2 is 1.90 bits per heavy atom. The summed E-state index contributed by atoms with van der Waals surface area (Å²) in [6.07, 6.45) is 5.32. The van der Waals surface area contributed by atoms with Gasteiger partial charge in [0.2, 0.25) is 10.0 Å². The van der Waals surface area contributed by atoms with Crippen molar-refractivity contribution < 1.29 is 8.42 Å². The summed E-state index contributed by atoms with van der Waals surface area (Å²) in [6.45, 7) is 1.22. The molecule has 116 valence electrons. The maximum absolute atomic E-state index is 12.6. The summed E-state index contributed by atoms with van der Waals surface area (Å²) in [5.74, 6) is 0. The van der Waals surface area contributed by atoms with Gasteiger partial charge in [-0.25, -0.2) is 13.1 Å². The summed E-state index contributed by atoms with van der Waals surface area (Å²) in [5.41, 5.74) is 6.52. The second-order valence-electron chi connectivity index (χ2n) is 5.93. The number of hydrogen-bond donors (Lipinski definition) is 2. The van der Waals surface area contributed by atoms with Crippen LogP contribution in [0.4, 0.5) is 5.69 Å². The molecule has 6 heteroatoms. The highest BCUT2D eigenvalue weighted by Crippen LogP contribution is 2.34. The van der Waals surface area contributed by atoms with E-state index in [2.05, 4.69) is 9.62 Å². The first-order chi connectivity index (χ1) is 10.1. The first-order valence-electron chi connectivity index (χ1n) is 7.70. The van der Waals surface area contributed by atoms with E-state index in [4.69, 9.17) is 5.73 Å². The predicted molar refractivity (Wildman–Crippen MR) is 83.8 cm³/mol. The van der Waals surface area contributed by atoms with Gasteiger partial charge in [-0.1, -0.05) is 12.1 Å². The first-order valence-corrected chi connectivity index (χ1v) is 9.18. The lowest BCUT2D eigenvalue weighted by molar-refractivity contribution is 0.386. The van der Waals surface area contributed by atoms with Gasteiger partial charge >= 0.3 is 0 Å². The molecule has 0 aromatic heterocycles. The van der Waals surface area contributed by atoms with Crippen molar-refractivity contribution in [2.75, 3.05) is 18.0 Å². The summed E-state index contributed by atoms with van der Waals surface area (Å²) in [7, 11) is -3.44. The zero-order valence-electron chi connectivity index (χ0n) is 12.2. The molecular formula is C15H23N3O2S. The Kier molecular flexibility index (Phi) is 4.19. The summed E-state index contributed by atoms with van der Waals surface area (Å²) >= 11 is 0. The summed E-state index contributed by atoms with van der Waals surface area (Å²) in [5, 5.41) is 0. The molecule has 0 radical (unpaired) electrons. The van der Waals surface area contributed by atoms with Crippen molar-refractivity contribution in [1.82, 2.24) is 4.72 Å². The van der Waals surface area contributed by atoms with Crippen molar-refractivity contribution in [3.8, 4) is 0 Å². The molecule has 0 saturated heterocycles. The number of anilines is 1. The Balaban J connectivity index is 1.93. The second-order valence-corrected chi connectivity index (χ2v) is 7.61. The monoisotopic (exact) mass is 309 g/mol. The number of nitrogens with one attached hydrogen (secondary N) is 1. The van der Waals surface area contributed by atoms with Crippen molar-refractivity contribution in [2.45, 2.75) is 49.1 Å². The lowest BCUT2D eigenvalue weighted by Gasteiger charge is -2.39. The van der Waals surface area contributed by atoms with Crippen LogP contribution < -0.4 is 15.4 Å². The third-order valence-electron chi connectivity index (χ3n) is 4.25. The van der Waals surface area contributed by atoms with E-state index in [1.165, 1.54) is 6.42 Å². The van der Waals surface area contributed by atoms with Gasteiger partial charge in [-0.3, -0.25) is 0 Å². The van der Waals surface area contributed by atoms with E-state index in [1.54, 1.807) is 12.1 Å². The molecule has 0 spiro atoms. The zero-order valence-corrected chi connectivity index (χ0v) is 13.0. The van der Waals surface area contributed by atoms with Crippen LogP contribution in [0.2, 0.25) is 0 Å². The van der Waals surface area contributed by atoms with E-state index in [0.717, 1.165) is 31.4 Å². The smallest absolute Gasteiger partial charge is 0.242 e. The van der Waals surface area contributed by atoms with Crippen molar-refractivity contribution in [3.05, 3.63) is 24.3 Å². The maximum atomic E-state index is 12.6. The van der Waals surface area contributed by atoms with Crippen molar-refractivity contribution in [3.63, 3.8) is 0 Å². The average Bonchev–Trinajstić information content (AvgIpc) is 3.19. The predicted octanol–water partition coefficient (Wildman–Crippen LogP) is 1.44. The SMILES string of the molecule is NCCN(c1ccccc1S(=O)(=O)NC1CC1)C1CCC1. The molecule has 0 bridgehead atoms. The minimum atomic E-state index is -3.44. The molecule has 1 aromatic carbocycles. The molecule has 1 aromatic rings. The normalized spacial score (nSPS) is 19.3. The molecular weight excluding hydrogens is 286 g/mol. The lowest BCUT2D eigenvalue weighted by Crippen LogP contribution is -2.44. The number of hydrogen-bond acceptors (Lipinski definition) is 4. The molecule has 2 fully saturated rings. The third kappa shape index (κ3) is 3.22. The highest BCUT2D eigenvalue weighted by molar-refractivity contribution is 7.89. The van der Waals surface area contributed by atoms with Gasteiger partial charge in [-0.05, 0) is 44.2 Å². The largest absolute Gasteiger partial charge is 0.366 e. The molecule has 0 atom stereocenters. The van der Waals surface area contributed by atoms with Crippen molar-refractivity contribution >= 4 is 15.7 Å². The van der Waals surface area contributed by atoms with Crippen LogP contribution in [-0.2, 0) is 10.0 Å². The molecule has 0 amide bonds. The second kappa shape index (κ2) is 5.94. The molecule has 0 aliphatic heterocycles. The van der Waals surface area contributed by atoms with Gasteiger partial charge in [0.05, 0.1) is 5.69 Å². The molecule has 2 saturated carbocycles. The van der Waals surface area contributed by atoms with Crippen LogP contribution in [0.3, 0.4) is 0 Å². The van der Waals surface area contributed by atoms with Gasteiger partial charge in [0.15, 0.2) is 0 Å². The molecule has 21 heavy (non-hydrogen) atoms.